The Morgan fingerprint density at radius 2 is 2.25 bits per heavy atom. The maximum Gasteiger partial charge on any atom is 0.226 e. The number of carbonyl (C=O) groups is 1. The fraction of sp³-hybridized carbons (Fsp3) is 0.333. The molecular weight excluding hydrogens is 202 g/mol. The van der Waals surface area contributed by atoms with Gasteiger partial charge in [-0.1, -0.05) is 6.92 Å². The molecule has 4 nitrogen and oxygen atoms in total. The predicted molar refractivity (Wildman–Crippen MR) is 64.5 cm³/mol. The lowest BCUT2D eigenvalue weighted by Gasteiger charge is -2.16. The summed E-state index contributed by atoms with van der Waals surface area (Å²) in [5.74, 6) is 0.993. The zero-order valence-electron chi connectivity index (χ0n) is 9.74. The number of fused-ring (bicyclic) bond motifs is 1. The van der Waals surface area contributed by atoms with Gasteiger partial charge in [-0.15, -0.1) is 0 Å². The Balaban J connectivity index is 2.42. The van der Waals surface area contributed by atoms with Crippen LogP contribution in [0.5, 0.6) is 0 Å². The van der Waals surface area contributed by atoms with Crippen LogP contribution in [-0.4, -0.2) is 22.9 Å². The first-order valence-corrected chi connectivity index (χ1v) is 5.34. The van der Waals surface area contributed by atoms with Gasteiger partial charge in [-0.25, -0.2) is 4.98 Å². The van der Waals surface area contributed by atoms with Gasteiger partial charge in [0.25, 0.3) is 0 Å². The van der Waals surface area contributed by atoms with Gasteiger partial charge in [0.1, 0.15) is 5.82 Å². The molecule has 16 heavy (non-hydrogen) atoms. The van der Waals surface area contributed by atoms with Crippen LogP contribution in [0.2, 0.25) is 0 Å². The quantitative estimate of drug-likeness (QED) is 0.838. The van der Waals surface area contributed by atoms with Crippen molar-refractivity contribution in [1.29, 1.82) is 0 Å². The van der Waals surface area contributed by atoms with Crippen molar-refractivity contribution < 1.29 is 4.79 Å². The van der Waals surface area contributed by atoms with E-state index in [0.717, 1.165) is 22.5 Å². The van der Waals surface area contributed by atoms with Gasteiger partial charge in [-0.3, -0.25) is 4.79 Å². The van der Waals surface area contributed by atoms with Gasteiger partial charge < -0.3 is 9.88 Å². The third-order valence-electron chi connectivity index (χ3n) is 2.65. The van der Waals surface area contributed by atoms with Gasteiger partial charge >= 0.3 is 0 Å². The van der Waals surface area contributed by atoms with Crippen molar-refractivity contribution >= 4 is 22.6 Å². The van der Waals surface area contributed by atoms with E-state index in [2.05, 4.69) is 9.97 Å². The lowest BCUT2D eigenvalue weighted by Crippen LogP contribution is -2.24. The molecule has 1 amide bonds. The van der Waals surface area contributed by atoms with E-state index in [1.54, 1.807) is 11.9 Å². The fourth-order valence-corrected chi connectivity index (χ4v) is 1.71. The number of hydrogen-bond donors (Lipinski definition) is 1. The summed E-state index contributed by atoms with van der Waals surface area (Å²) in [6.45, 7) is 3.78. The van der Waals surface area contributed by atoms with Gasteiger partial charge in [0, 0.05) is 19.2 Å². The molecule has 1 aromatic heterocycles. The summed E-state index contributed by atoms with van der Waals surface area (Å²) >= 11 is 0. The number of nitrogens with zero attached hydrogens (tertiary/aromatic N) is 2. The molecule has 0 aliphatic carbocycles. The van der Waals surface area contributed by atoms with E-state index in [9.17, 15) is 4.79 Å². The van der Waals surface area contributed by atoms with Gasteiger partial charge in [0.15, 0.2) is 0 Å². The van der Waals surface area contributed by atoms with E-state index < -0.39 is 0 Å². The number of carbonyl (C=O) groups excluding carboxylic acids is 1. The lowest BCUT2D eigenvalue weighted by atomic mass is 10.2. The molecule has 0 fully saturated rings. The molecule has 0 aliphatic rings. The number of amides is 1. The number of aryl methyl sites for hydroxylation is 1. The summed E-state index contributed by atoms with van der Waals surface area (Å²) < 4.78 is 0. The topological polar surface area (TPSA) is 49.0 Å². The van der Waals surface area contributed by atoms with Crippen molar-refractivity contribution in [2.75, 3.05) is 11.9 Å². The number of benzene rings is 1. The van der Waals surface area contributed by atoms with E-state index in [4.69, 9.17) is 0 Å². The first-order valence-electron chi connectivity index (χ1n) is 5.34. The Kier molecular flexibility index (Phi) is 2.64. The Hall–Kier alpha value is -1.84. The lowest BCUT2D eigenvalue weighted by molar-refractivity contribution is -0.118. The smallest absolute Gasteiger partial charge is 0.226 e. The molecular formula is C12H15N3O. The summed E-state index contributed by atoms with van der Waals surface area (Å²) in [6, 6.07) is 5.78. The molecule has 2 rings (SSSR count). The maximum absolute atomic E-state index is 11.6. The average Bonchev–Trinajstić information content (AvgIpc) is 2.65. The minimum Gasteiger partial charge on any atom is -0.342 e. The van der Waals surface area contributed by atoms with E-state index in [1.165, 1.54) is 0 Å². The number of anilines is 1. The highest BCUT2D eigenvalue weighted by atomic mass is 16.2. The van der Waals surface area contributed by atoms with Crippen LogP contribution in [0.4, 0.5) is 5.69 Å². The molecule has 1 heterocycles. The number of hydrogen-bond acceptors (Lipinski definition) is 2. The van der Waals surface area contributed by atoms with E-state index in [1.807, 2.05) is 32.0 Å². The minimum atomic E-state index is 0.107. The van der Waals surface area contributed by atoms with Gasteiger partial charge in [0.05, 0.1) is 11.0 Å². The molecule has 0 radical (unpaired) electrons. The second-order valence-electron chi connectivity index (χ2n) is 3.83. The number of aromatic amines is 1. The molecule has 4 heteroatoms. The van der Waals surface area contributed by atoms with E-state index in [-0.39, 0.29) is 5.91 Å². The van der Waals surface area contributed by atoms with Crippen LogP contribution in [0.15, 0.2) is 18.2 Å². The van der Waals surface area contributed by atoms with E-state index >= 15 is 0 Å². The second kappa shape index (κ2) is 3.96. The zero-order chi connectivity index (χ0) is 11.7. The molecule has 0 saturated carbocycles. The van der Waals surface area contributed by atoms with Crippen LogP contribution in [0.1, 0.15) is 19.2 Å². The third kappa shape index (κ3) is 1.78. The molecule has 0 atom stereocenters. The summed E-state index contributed by atoms with van der Waals surface area (Å²) in [5.41, 5.74) is 2.78. The summed E-state index contributed by atoms with van der Waals surface area (Å²) in [7, 11) is 1.79. The Labute approximate surface area is 94.3 Å². The molecule has 84 valence electrons. The van der Waals surface area contributed by atoms with Crippen LogP contribution >= 0.6 is 0 Å². The highest BCUT2D eigenvalue weighted by Crippen LogP contribution is 2.20. The van der Waals surface area contributed by atoms with Crippen LogP contribution in [-0.2, 0) is 4.79 Å². The van der Waals surface area contributed by atoms with Crippen molar-refractivity contribution in [2.24, 2.45) is 0 Å². The molecule has 1 N–H and O–H groups in total. The number of rotatable bonds is 2. The van der Waals surface area contributed by atoms with Gasteiger partial charge in [-0.05, 0) is 25.1 Å². The number of H-pyrrole nitrogens is 1. The number of aromatic nitrogens is 2. The van der Waals surface area contributed by atoms with Crippen LogP contribution in [0.3, 0.4) is 0 Å². The fourth-order valence-electron chi connectivity index (χ4n) is 1.71. The van der Waals surface area contributed by atoms with Gasteiger partial charge in [0.2, 0.25) is 5.91 Å². The summed E-state index contributed by atoms with van der Waals surface area (Å²) in [6.07, 6.45) is 0.510. The Morgan fingerprint density at radius 1 is 1.50 bits per heavy atom. The molecule has 1 aromatic carbocycles. The molecule has 2 aromatic rings. The van der Waals surface area contributed by atoms with Crippen molar-refractivity contribution in [3.63, 3.8) is 0 Å². The second-order valence-corrected chi connectivity index (χ2v) is 3.83. The highest BCUT2D eigenvalue weighted by molar-refractivity contribution is 5.94. The average molecular weight is 217 g/mol. The normalized spacial score (nSPS) is 10.7. The number of imidazole rings is 1. The predicted octanol–water partition coefficient (Wildman–Crippen LogP) is 2.24. The number of nitrogens with one attached hydrogen (secondary N) is 1. The molecule has 0 aliphatic heterocycles. The van der Waals surface area contributed by atoms with E-state index in [0.29, 0.717) is 6.42 Å². The Bertz CT molecular complexity index is 530. The van der Waals surface area contributed by atoms with Crippen molar-refractivity contribution in [2.45, 2.75) is 20.3 Å². The minimum absolute atomic E-state index is 0.107. The first-order chi connectivity index (χ1) is 7.61. The van der Waals surface area contributed by atoms with Crippen molar-refractivity contribution in [1.82, 2.24) is 9.97 Å². The summed E-state index contributed by atoms with van der Waals surface area (Å²) in [5, 5.41) is 0. The SMILES string of the molecule is CCC(=O)N(C)c1ccc2nc(C)[nH]c2c1. The molecule has 0 saturated heterocycles. The third-order valence-corrected chi connectivity index (χ3v) is 2.65. The van der Waals surface area contributed by atoms with Crippen LogP contribution < -0.4 is 4.90 Å². The highest BCUT2D eigenvalue weighted by Gasteiger charge is 2.09. The van der Waals surface area contributed by atoms with Crippen LogP contribution in [0, 0.1) is 6.92 Å². The zero-order valence-corrected chi connectivity index (χ0v) is 9.74. The molecule has 0 spiro atoms. The summed E-state index contributed by atoms with van der Waals surface area (Å²) in [4.78, 5) is 20.7. The van der Waals surface area contributed by atoms with Gasteiger partial charge in [-0.2, -0.15) is 0 Å². The van der Waals surface area contributed by atoms with Crippen LogP contribution in [0.25, 0.3) is 11.0 Å². The first kappa shape index (κ1) is 10.7. The molecule has 0 unspecified atom stereocenters. The Morgan fingerprint density at radius 3 is 2.94 bits per heavy atom. The van der Waals surface area contributed by atoms with Crippen molar-refractivity contribution in [3.8, 4) is 0 Å². The van der Waals surface area contributed by atoms with Crippen molar-refractivity contribution in [3.05, 3.63) is 24.0 Å². The largest absolute Gasteiger partial charge is 0.342 e. The molecule has 0 bridgehead atoms. The standard InChI is InChI=1S/C12H15N3O/c1-4-12(16)15(3)9-5-6-10-11(7-9)14-8(2)13-10/h5-7H,4H2,1-3H3,(H,13,14). The maximum atomic E-state index is 11.6. The monoisotopic (exact) mass is 217 g/mol.